The van der Waals surface area contributed by atoms with Crippen LogP contribution in [0.4, 0.5) is 0 Å². The molecule has 0 aromatic rings. The van der Waals surface area contributed by atoms with E-state index in [9.17, 15) is 0 Å². The fraction of sp³-hybridized carbons (Fsp3) is 1.00. The van der Waals surface area contributed by atoms with E-state index in [4.69, 9.17) is 5.73 Å². The van der Waals surface area contributed by atoms with Gasteiger partial charge in [0.2, 0.25) is 0 Å². The van der Waals surface area contributed by atoms with Gasteiger partial charge in [-0.3, -0.25) is 4.90 Å². The maximum absolute atomic E-state index is 6.13. The molecular formula is C17H37N3. The number of likely N-dealkylation sites (N-methyl/N-ethyl adjacent to an activating group) is 1. The van der Waals surface area contributed by atoms with E-state index in [1.807, 2.05) is 0 Å². The monoisotopic (exact) mass is 283 g/mol. The number of unbranched alkanes of at least 4 members (excludes halogenated alkanes) is 3. The molecule has 2 N–H and O–H groups in total. The van der Waals surface area contributed by atoms with Gasteiger partial charge in [-0.25, -0.2) is 0 Å². The molecule has 1 saturated heterocycles. The molecule has 1 atom stereocenters. The number of hydrogen-bond acceptors (Lipinski definition) is 3. The van der Waals surface area contributed by atoms with Crippen molar-refractivity contribution in [3.8, 4) is 0 Å². The number of hydrogen-bond donors (Lipinski definition) is 1. The number of likely N-dealkylation sites (tertiary alicyclic amines) is 1. The normalized spacial score (nSPS) is 21.3. The highest BCUT2D eigenvalue weighted by molar-refractivity contribution is 4.91. The van der Waals surface area contributed by atoms with Gasteiger partial charge in [-0.15, -0.1) is 0 Å². The summed E-state index contributed by atoms with van der Waals surface area (Å²) in [7, 11) is 2.30. The van der Waals surface area contributed by atoms with Crippen LogP contribution in [0.15, 0.2) is 0 Å². The van der Waals surface area contributed by atoms with Crippen LogP contribution in [-0.4, -0.2) is 54.6 Å². The predicted octanol–water partition coefficient (Wildman–Crippen LogP) is 3.09. The highest BCUT2D eigenvalue weighted by atomic mass is 15.2. The molecule has 1 unspecified atom stereocenters. The smallest absolute Gasteiger partial charge is 0.0303 e. The highest BCUT2D eigenvalue weighted by Crippen LogP contribution is 2.27. The van der Waals surface area contributed by atoms with Crippen molar-refractivity contribution in [1.29, 1.82) is 0 Å². The lowest BCUT2D eigenvalue weighted by Gasteiger charge is -2.46. The van der Waals surface area contributed by atoms with Crippen molar-refractivity contribution in [2.45, 2.75) is 77.3 Å². The van der Waals surface area contributed by atoms with Gasteiger partial charge in [-0.05, 0) is 52.9 Å². The SMILES string of the molecule is CCCCCCC(C)(CN)N(C)C1CCN(CC)CC1. The highest BCUT2D eigenvalue weighted by Gasteiger charge is 2.33. The zero-order valence-corrected chi connectivity index (χ0v) is 14.3. The summed E-state index contributed by atoms with van der Waals surface area (Å²) in [6.45, 7) is 11.4. The van der Waals surface area contributed by atoms with Crippen molar-refractivity contribution < 1.29 is 0 Å². The van der Waals surface area contributed by atoms with Gasteiger partial charge in [0, 0.05) is 18.1 Å². The van der Waals surface area contributed by atoms with Crippen LogP contribution < -0.4 is 5.73 Å². The van der Waals surface area contributed by atoms with Crippen molar-refractivity contribution >= 4 is 0 Å². The Balaban J connectivity index is 2.46. The van der Waals surface area contributed by atoms with Crippen molar-refractivity contribution in [1.82, 2.24) is 9.80 Å². The Labute approximate surface area is 126 Å². The maximum atomic E-state index is 6.13. The molecule has 120 valence electrons. The van der Waals surface area contributed by atoms with Gasteiger partial charge >= 0.3 is 0 Å². The third-order valence-corrected chi connectivity index (χ3v) is 5.41. The van der Waals surface area contributed by atoms with Crippen LogP contribution in [0.5, 0.6) is 0 Å². The third-order valence-electron chi connectivity index (χ3n) is 5.41. The van der Waals surface area contributed by atoms with E-state index in [1.165, 1.54) is 64.6 Å². The molecule has 1 aliphatic rings. The van der Waals surface area contributed by atoms with Gasteiger partial charge in [-0.2, -0.15) is 0 Å². The van der Waals surface area contributed by atoms with Crippen LogP contribution >= 0.6 is 0 Å². The molecule has 1 heterocycles. The lowest BCUT2D eigenvalue weighted by atomic mass is 9.89. The minimum atomic E-state index is 0.187. The molecule has 1 fully saturated rings. The van der Waals surface area contributed by atoms with Crippen molar-refractivity contribution in [2.24, 2.45) is 5.73 Å². The molecule has 0 radical (unpaired) electrons. The largest absolute Gasteiger partial charge is 0.329 e. The first-order chi connectivity index (χ1) is 9.57. The Morgan fingerprint density at radius 1 is 1.15 bits per heavy atom. The zero-order valence-electron chi connectivity index (χ0n) is 14.3. The van der Waals surface area contributed by atoms with Crippen molar-refractivity contribution in [3.63, 3.8) is 0 Å². The molecule has 3 nitrogen and oxygen atoms in total. The molecule has 1 aliphatic heterocycles. The van der Waals surface area contributed by atoms with Gasteiger partial charge in [0.25, 0.3) is 0 Å². The second-order valence-corrected chi connectivity index (χ2v) is 6.79. The van der Waals surface area contributed by atoms with Gasteiger partial charge in [0.15, 0.2) is 0 Å². The molecule has 0 spiro atoms. The molecule has 0 saturated carbocycles. The number of nitrogens with zero attached hydrogens (tertiary/aromatic N) is 2. The Kier molecular flexibility index (Phi) is 8.08. The molecule has 0 bridgehead atoms. The van der Waals surface area contributed by atoms with Crippen LogP contribution in [0.1, 0.15) is 65.7 Å². The summed E-state index contributed by atoms with van der Waals surface area (Å²) < 4.78 is 0. The van der Waals surface area contributed by atoms with E-state index in [2.05, 4.69) is 37.6 Å². The first kappa shape index (κ1) is 17.9. The minimum Gasteiger partial charge on any atom is -0.329 e. The Bertz CT molecular complexity index is 249. The quantitative estimate of drug-likeness (QED) is 0.660. The Hall–Kier alpha value is -0.120. The standard InChI is InChI=1S/C17H37N3/c1-5-7-8-9-12-17(3,15-18)19(4)16-10-13-20(6-2)14-11-16/h16H,5-15,18H2,1-4H3. The molecule has 0 aromatic carbocycles. The lowest BCUT2D eigenvalue weighted by Crippen LogP contribution is -2.56. The van der Waals surface area contributed by atoms with Gasteiger partial charge < -0.3 is 10.6 Å². The fourth-order valence-electron chi connectivity index (χ4n) is 3.42. The second-order valence-electron chi connectivity index (χ2n) is 6.79. The Morgan fingerprint density at radius 2 is 1.80 bits per heavy atom. The summed E-state index contributed by atoms with van der Waals surface area (Å²) in [6.07, 6.45) is 9.19. The first-order valence-electron chi connectivity index (χ1n) is 8.72. The molecular weight excluding hydrogens is 246 g/mol. The van der Waals surface area contributed by atoms with E-state index >= 15 is 0 Å². The summed E-state index contributed by atoms with van der Waals surface area (Å²) in [5.74, 6) is 0. The molecule has 20 heavy (non-hydrogen) atoms. The van der Waals surface area contributed by atoms with Crippen LogP contribution in [0, 0.1) is 0 Å². The molecule has 0 amide bonds. The molecule has 0 aromatic heterocycles. The first-order valence-corrected chi connectivity index (χ1v) is 8.72. The average molecular weight is 284 g/mol. The van der Waals surface area contributed by atoms with E-state index in [-0.39, 0.29) is 5.54 Å². The molecule has 3 heteroatoms. The van der Waals surface area contributed by atoms with Crippen molar-refractivity contribution in [3.05, 3.63) is 0 Å². The predicted molar refractivity (Wildman–Crippen MR) is 89.1 cm³/mol. The fourth-order valence-corrected chi connectivity index (χ4v) is 3.42. The molecule has 1 rings (SSSR count). The van der Waals surface area contributed by atoms with Crippen molar-refractivity contribution in [2.75, 3.05) is 33.2 Å². The van der Waals surface area contributed by atoms with E-state index in [0.29, 0.717) is 0 Å². The van der Waals surface area contributed by atoms with E-state index < -0.39 is 0 Å². The molecule has 0 aliphatic carbocycles. The zero-order chi connectivity index (χ0) is 15.0. The summed E-state index contributed by atoms with van der Waals surface area (Å²) in [6, 6.07) is 0.720. The topological polar surface area (TPSA) is 32.5 Å². The Morgan fingerprint density at radius 3 is 2.30 bits per heavy atom. The van der Waals surface area contributed by atoms with E-state index in [0.717, 1.165) is 12.6 Å². The summed E-state index contributed by atoms with van der Waals surface area (Å²) in [4.78, 5) is 5.16. The number of nitrogens with two attached hydrogens (primary N) is 1. The van der Waals surface area contributed by atoms with Crippen LogP contribution in [0.2, 0.25) is 0 Å². The lowest BCUT2D eigenvalue weighted by molar-refractivity contribution is 0.0433. The second kappa shape index (κ2) is 9.01. The van der Waals surface area contributed by atoms with Crippen LogP contribution in [-0.2, 0) is 0 Å². The van der Waals surface area contributed by atoms with Gasteiger partial charge in [0.1, 0.15) is 0 Å². The average Bonchev–Trinajstić information content (AvgIpc) is 2.50. The minimum absolute atomic E-state index is 0.187. The summed E-state index contributed by atoms with van der Waals surface area (Å²) in [5, 5.41) is 0. The van der Waals surface area contributed by atoms with Crippen LogP contribution in [0.25, 0.3) is 0 Å². The maximum Gasteiger partial charge on any atom is 0.0303 e. The van der Waals surface area contributed by atoms with Gasteiger partial charge in [-0.1, -0.05) is 39.5 Å². The van der Waals surface area contributed by atoms with Gasteiger partial charge in [0.05, 0.1) is 0 Å². The number of piperidine rings is 1. The third kappa shape index (κ3) is 5.01. The van der Waals surface area contributed by atoms with Crippen LogP contribution in [0.3, 0.4) is 0 Å². The summed E-state index contributed by atoms with van der Waals surface area (Å²) >= 11 is 0. The number of rotatable bonds is 9. The van der Waals surface area contributed by atoms with E-state index in [1.54, 1.807) is 0 Å². The summed E-state index contributed by atoms with van der Waals surface area (Å²) in [5.41, 5.74) is 6.32.